The molecule has 1 N–H and O–H groups in total. The van der Waals surface area contributed by atoms with E-state index < -0.39 is 10.0 Å². The lowest BCUT2D eigenvalue weighted by atomic mass is 10.1. The summed E-state index contributed by atoms with van der Waals surface area (Å²) in [5.74, 6) is 0.345. The van der Waals surface area contributed by atoms with Crippen molar-refractivity contribution in [3.05, 3.63) is 28.2 Å². The molecule has 1 aromatic rings. The highest BCUT2D eigenvalue weighted by atomic mass is 35.5. The van der Waals surface area contributed by atoms with Crippen molar-refractivity contribution in [2.45, 2.75) is 11.3 Å². The zero-order valence-electron chi connectivity index (χ0n) is 10.6. The summed E-state index contributed by atoms with van der Waals surface area (Å²) in [6, 6.07) is 4.67. The topological polar surface area (TPSA) is 49.4 Å². The average Bonchev–Trinajstić information content (AvgIpc) is 2.82. The molecule has 7 heteroatoms. The van der Waals surface area contributed by atoms with Crippen LogP contribution in [0.1, 0.15) is 6.42 Å². The van der Waals surface area contributed by atoms with Crippen LogP contribution in [0.2, 0.25) is 10.0 Å². The van der Waals surface area contributed by atoms with Crippen LogP contribution in [0, 0.1) is 5.92 Å². The first-order chi connectivity index (χ1) is 8.96. The molecule has 0 radical (unpaired) electrons. The van der Waals surface area contributed by atoms with Gasteiger partial charge in [0.05, 0.1) is 10.0 Å². The van der Waals surface area contributed by atoms with E-state index >= 15 is 0 Å². The van der Waals surface area contributed by atoms with E-state index in [-0.39, 0.29) is 14.9 Å². The minimum absolute atomic E-state index is 0.0896. The van der Waals surface area contributed by atoms with Crippen molar-refractivity contribution in [3.63, 3.8) is 0 Å². The third kappa shape index (κ3) is 3.06. The fourth-order valence-electron chi connectivity index (χ4n) is 2.29. The molecule has 0 aromatic heterocycles. The molecule has 1 saturated heterocycles. The summed E-state index contributed by atoms with van der Waals surface area (Å²) in [7, 11) is -1.69. The Kier molecular flexibility index (Phi) is 4.74. The van der Waals surface area contributed by atoms with E-state index in [2.05, 4.69) is 5.32 Å². The molecule has 106 valence electrons. The molecule has 0 bridgehead atoms. The molecule has 0 unspecified atom stereocenters. The number of nitrogens with one attached hydrogen (secondary N) is 1. The Hall–Kier alpha value is -0.330. The highest BCUT2D eigenvalue weighted by Crippen LogP contribution is 2.32. The Morgan fingerprint density at radius 3 is 2.84 bits per heavy atom. The smallest absolute Gasteiger partial charge is 0.244 e. The second-order valence-electron chi connectivity index (χ2n) is 4.63. The number of sulfonamides is 1. The predicted octanol–water partition coefficient (Wildman–Crippen LogP) is 2.22. The zero-order valence-corrected chi connectivity index (χ0v) is 12.9. The fraction of sp³-hybridized carbons (Fsp3) is 0.500. The van der Waals surface area contributed by atoms with E-state index in [4.69, 9.17) is 23.2 Å². The third-order valence-electron chi connectivity index (χ3n) is 3.28. The predicted molar refractivity (Wildman–Crippen MR) is 77.3 cm³/mol. The lowest BCUT2D eigenvalue weighted by Gasteiger charge is -2.17. The summed E-state index contributed by atoms with van der Waals surface area (Å²) in [6.45, 7) is 1.86. The summed E-state index contributed by atoms with van der Waals surface area (Å²) in [5.41, 5.74) is 0. The number of halogens is 2. The second kappa shape index (κ2) is 5.97. The quantitative estimate of drug-likeness (QED) is 0.924. The summed E-state index contributed by atoms with van der Waals surface area (Å²) in [6.07, 6.45) is 0.859. The number of benzene rings is 1. The number of hydrogen-bond acceptors (Lipinski definition) is 3. The van der Waals surface area contributed by atoms with E-state index in [1.54, 1.807) is 12.1 Å². The Bertz CT molecular complexity index is 563. The Balaban J connectivity index is 2.26. The van der Waals surface area contributed by atoms with E-state index in [0.29, 0.717) is 19.0 Å². The Morgan fingerprint density at radius 2 is 2.16 bits per heavy atom. The number of rotatable bonds is 4. The van der Waals surface area contributed by atoms with E-state index in [1.807, 2.05) is 7.05 Å². The standard InChI is InChI=1S/C12H16Cl2N2O2S/c1-15-7-9-5-6-16(8-9)19(17,18)11-4-2-3-10(13)12(11)14/h2-4,9,15H,5-8H2,1H3/t9-/m0/s1. The molecule has 0 spiro atoms. The van der Waals surface area contributed by atoms with Crippen LogP contribution in [0.4, 0.5) is 0 Å². The van der Waals surface area contributed by atoms with Crippen molar-refractivity contribution >= 4 is 33.2 Å². The normalized spacial score (nSPS) is 20.9. The molecule has 0 amide bonds. The molecule has 4 nitrogen and oxygen atoms in total. The van der Waals surface area contributed by atoms with Crippen molar-refractivity contribution in [1.82, 2.24) is 9.62 Å². The van der Waals surface area contributed by atoms with E-state index in [0.717, 1.165) is 13.0 Å². The van der Waals surface area contributed by atoms with Crippen LogP contribution in [0.3, 0.4) is 0 Å². The lowest BCUT2D eigenvalue weighted by Crippen LogP contribution is -2.30. The SMILES string of the molecule is CNC[C@@H]1CCN(S(=O)(=O)c2cccc(Cl)c2Cl)C1. The molecule has 0 aliphatic carbocycles. The minimum atomic E-state index is -3.55. The molecule has 1 atom stereocenters. The van der Waals surface area contributed by atoms with Gasteiger partial charge in [-0.25, -0.2) is 8.42 Å². The van der Waals surface area contributed by atoms with Gasteiger partial charge in [-0.3, -0.25) is 0 Å². The third-order valence-corrected chi connectivity index (χ3v) is 6.11. The second-order valence-corrected chi connectivity index (χ2v) is 7.32. The molecule has 2 rings (SSSR count). The first-order valence-corrected chi connectivity index (χ1v) is 8.25. The van der Waals surface area contributed by atoms with Gasteiger partial charge in [-0.2, -0.15) is 4.31 Å². The molecular weight excluding hydrogens is 307 g/mol. The van der Waals surface area contributed by atoms with Gasteiger partial charge in [0, 0.05) is 13.1 Å². The lowest BCUT2D eigenvalue weighted by molar-refractivity contribution is 0.451. The van der Waals surface area contributed by atoms with E-state index in [9.17, 15) is 8.42 Å². The van der Waals surface area contributed by atoms with Crippen LogP contribution in [-0.4, -0.2) is 39.4 Å². The monoisotopic (exact) mass is 322 g/mol. The maximum absolute atomic E-state index is 12.5. The number of nitrogens with zero attached hydrogens (tertiary/aromatic N) is 1. The van der Waals surface area contributed by atoms with Gasteiger partial charge < -0.3 is 5.32 Å². The largest absolute Gasteiger partial charge is 0.319 e. The van der Waals surface area contributed by atoms with Crippen LogP contribution >= 0.6 is 23.2 Å². The summed E-state index contributed by atoms with van der Waals surface area (Å²) in [4.78, 5) is 0.0896. The van der Waals surface area contributed by atoms with Gasteiger partial charge in [-0.15, -0.1) is 0 Å². The molecule has 0 saturated carbocycles. The highest BCUT2D eigenvalue weighted by Gasteiger charge is 2.33. The van der Waals surface area contributed by atoms with Crippen LogP contribution in [-0.2, 0) is 10.0 Å². The molecule has 1 aromatic carbocycles. The van der Waals surface area contributed by atoms with Crippen LogP contribution in [0.25, 0.3) is 0 Å². The van der Waals surface area contributed by atoms with Crippen molar-refractivity contribution in [2.75, 3.05) is 26.7 Å². The average molecular weight is 323 g/mol. The van der Waals surface area contributed by atoms with Crippen molar-refractivity contribution in [2.24, 2.45) is 5.92 Å². The van der Waals surface area contributed by atoms with Gasteiger partial charge in [-0.05, 0) is 38.1 Å². The maximum atomic E-state index is 12.5. The van der Waals surface area contributed by atoms with Crippen LogP contribution in [0.5, 0.6) is 0 Å². The Morgan fingerprint density at radius 1 is 1.42 bits per heavy atom. The Labute approximate surface area is 123 Å². The van der Waals surface area contributed by atoms with Crippen molar-refractivity contribution in [1.29, 1.82) is 0 Å². The molecule has 1 aliphatic heterocycles. The maximum Gasteiger partial charge on any atom is 0.244 e. The van der Waals surface area contributed by atoms with Crippen LogP contribution in [0.15, 0.2) is 23.1 Å². The minimum Gasteiger partial charge on any atom is -0.319 e. The van der Waals surface area contributed by atoms with E-state index in [1.165, 1.54) is 10.4 Å². The molecule has 1 aliphatic rings. The molecule has 19 heavy (non-hydrogen) atoms. The van der Waals surface area contributed by atoms with Gasteiger partial charge in [-0.1, -0.05) is 29.3 Å². The van der Waals surface area contributed by atoms with Gasteiger partial charge in [0.15, 0.2) is 0 Å². The summed E-state index contributed by atoms with van der Waals surface area (Å²) in [5, 5.41) is 3.43. The van der Waals surface area contributed by atoms with Crippen LogP contribution < -0.4 is 5.32 Å². The van der Waals surface area contributed by atoms with Gasteiger partial charge in [0.25, 0.3) is 0 Å². The van der Waals surface area contributed by atoms with Gasteiger partial charge in [0.1, 0.15) is 4.90 Å². The fourth-order valence-corrected chi connectivity index (χ4v) is 4.56. The molecule has 1 fully saturated rings. The van der Waals surface area contributed by atoms with Crippen molar-refractivity contribution in [3.8, 4) is 0 Å². The summed E-state index contributed by atoms with van der Waals surface area (Å²) < 4.78 is 26.5. The zero-order chi connectivity index (χ0) is 14.0. The molecular formula is C12H16Cl2N2O2S. The summed E-state index contributed by atoms with van der Waals surface area (Å²) >= 11 is 11.9. The molecule has 1 heterocycles. The highest BCUT2D eigenvalue weighted by molar-refractivity contribution is 7.89. The van der Waals surface area contributed by atoms with Gasteiger partial charge >= 0.3 is 0 Å². The number of hydrogen-bond donors (Lipinski definition) is 1. The van der Waals surface area contributed by atoms with Gasteiger partial charge in [0.2, 0.25) is 10.0 Å². The van der Waals surface area contributed by atoms with Crippen molar-refractivity contribution < 1.29 is 8.42 Å². The first kappa shape index (κ1) is 15.1. The first-order valence-electron chi connectivity index (χ1n) is 6.05.